The van der Waals surface area contributed by atoms with Gasteiger partial charge in [-0.1, -0.05) is 0 Å². The number of carbonyl (C=O) groups excluding carboxylic acids is 1. The van der Waals surface area contributed by atoms with Crippen molar-refractivity contribution >= 4 is 23.5 Å². The fourth-order valence-electron chi connectivity index (χ4n) is 4.24. The number of nitrogens with zero attached hydrogens (tertiary/aromatic N) is 4. The molecule has 0 unspecified atom stereocenters. The molecule has 0 atom stereocenters. The molecule has 0 spiro atoms. The van der Waals surface area contributed by atoms with Gasteiger partial charge in [0.2, 0.25) is 5.95 Å². The lowest BCUT2D eigenvalue weighted by Crippen LogP contribution is -2.49. The van der Waals surface area contributed by atoms with Gasteiger partial charge in [0.15, 0.2) is 17.4 Å². The Morgan fingerprint density at radius 2 is 1.84 bits per heavy atom. The van der Waals surface area contributed by atoms with Crippen LogP contribution in [0.25, 0.3) is 0 Å². The van der Waals surface area contributed by atoms with Crippen molar-refractivity contribution in [2.75, 3.05) is 15.1 Å². The van der Waals surface area contributed by atoms with Crippen molar-refractivity contribution in [3.05, 3.63) is 35.5 Å². The van der Waals surface area contributed by atoms with E-state index in [1.54, 1.807) is 6.20 Å². The fourth-order valence-corrected chi connectivity index (χ4v) is 4.24. The summed E-state index contributed by atoms with van der Waals surface area (Å²) in [5, 5.41) is 22.6. The average molecular weight is 431 g/mol. The number of anilines is 3. The first-order valence-electron chi connectivity index (χ1n) is 10.5. The van der Waals surface area contributed by atoms with Gasteiger partial charge in [-0.2, -0.15) is 4.98 Å². The Morgan fingerprint density at radius 1 is 1.10 bits per heavy atom. The number of amides is 2. The monoisotopic (exact) mass is 431 g/mol. The SMILES string of the molecule is O=C1N(c2ccc(F)c(O)c2F)Cc2cnc(NC3CCC(O)CC3)nc2N1C1CC1. The van der Waals surface area contributed by atoms with Crippen molar-refractivity contribution in [2.24, 2.45) is 0 Å². The number of nitrogens with one attached hydrogen (secondary N) is 1. The quantitative estimate of drug-likeness (QED) is 0.687. The van der Waals surface area contributed by atoms with Crippen molar-refractivity contribution in [3.63, 3.8) is 0 Å². The topological polar surface area (TPSA) is 102 Å². The maximum atomic E-state index is 14.5. The highest BCUT2D eigenvalue weighted by molar-refractivity contribution is 6.06. The molecule has 10 heteroatoms. The maximum absolute atomic E-state index is 14.5. The largest absolute Gasteiger partial charge is 0.503 e. The number of carbonyl (C=O) groups is 1. The number of aliphatic hydroxyl groups excluding tert-OH is 1. The van der Waals surface area contributed by atoms with Crippen molar-refractivity contribution < 1.29 is 23.8 Å². The highest BCUT2D eigenvalue weighted by atomic mass is 19.1. The van der Waals surface area contributed by atoms with Crippen LogP contribution in [0.4, 0.5) is 31.0 Å². The smallest absolute Gasteiger partial charge is 0.330 e. The summed E-state index contributed by atoms with van der Waals surface area (Å²) in [6.07, 6.45) is 6.04. The van der Waals surface area contributed by atoms with Crippen LogP contribution in [-0.4, -0.2) is 44.4 Å². The van der Waals surface area contributed by atoms with Crippen molar-refractivity contribution in [2.45, 2.75) is 63.3 Å². The zero-order valence-corrected chi connectivity index (χ0v) is 16.8. The van der Waals surface area contributed by atoms with Crippen LogP contribution in [-0.2, 0) is 6.54 Å². The predicted octanol–water partition coefficient (Wildman–Crippen LogP) is 3.28. The molecule has 0 bridgehead atoms. The number of phenolic OH excluding ortho intramolecular Hbond substituents is 1. The highest BCUT2D eigenvalue weighted by Gasteiger charge is 2.43. The first-order chi connectivity index (χ1) is 14.9. The van der Waals surface area contributed by atoms with Gasteiger partial charge in [0.05, 0.1) is 18.3 Å². The Labute approximate surface area is 177 Å². The Morgan fingerprint density at radius 3 is 2.55 bits per heavy atom. The third-order valence-corrected chi connectivity index (χ3v) is 6.11. The van der Waals surface area contributed by atoms with Gasteiger partial charge in [-0.15, -0.1) is 0 Å². The average Bonchev–Trinajstić information content (AvgIpc) is 3.59. The van der Waals surface area contributed by atoms with E-state index in [0.717, 1.165) is 50.7 Å². The molecule has 2 fully saturated rings. The van der Waals surface area contributed by atoms with Crippen molar-refractivity contribution in [1.29, 1.82) is 0 Å². The number of halogens is 2. The number of rotatable bonds is 4. The van der Waals surface area contributed by atoms with Gasteiger partial charge in [-0.05, 0) is 50.7 Å². The van der Waals surface area contributed by atoms with E-state index in [0.29, 0.717) is 17.3 Å². The highest BCUT2D eigenvalue weighted by Crippen LogP contribution is 2.40. The summed E-state index contributed by atoms with van der Waals surface area (Å²) in [6, 6.07) is 1.72. The summed E-state index contributed by atoms with van der Waals surface area (Å²) in [5.74, 6) is -2.46. The summed E-state index contributed by atoms with van der Waals surface area (Å²) in [5.41, 5.74) is 0.447. The van der Waals surface area contributed by atoms with Crippen LogP contribution in [0.15, 0.2) is 18.3 Å². The maximum Gasteiger partial charge on any atom is 0.330 e. The molecule has 0 saturated heterocycles. The Hall–Kier alpha value is -3.01. The van der Waals surface area contributed by atoms with E-state index >= 15 is 0 Å². The van der Waals surface area contributed by atoms with Gasteiger partial charge < -0.3 is 15.5 Å². The molecule has 3 aliphatic rings. The van der Waals surface area contributed by atoms with Crippen LogP contribution in [0.1, 0.15) is 44.1 Å². The summed E-state index contributed by atoms with van der Waals surface area (Å²) in [4.78, 5) is 24.9. The number of benzene rings is 1. The lowest BCUT2D eigenvalue weighted by Gasteiger charge is -2.36. The van der Waals surface area contributed by atoms with E-state index in [2.05, 4.69) is 15.3 Å². The first kappa shape index (κ1) is 19.9. The number of aromatic nitrogens is 2. The molecular formula is C21H23F2N5O3. The van der Waals surface area contributed by atoms with Gasteiger partial charge in [-0.25, -0.2) is 18.6 Å². The molecule has 5 rings (SSSR count). The van der Waals surface area contributed by atoms with Gasteiger partial charge in [0, 0.05) is 23.8 Å². The summed E-state index contributed by atoms with van der Waals surface area (Å²) < 4.78 is 28.0. The lowest BCUT2D eigenvalue weighted by molar-refractivity contribution is 0.126. The number of aliphatic hydroxyl groups is 1. The molecule has 3 N–H and O–H groups in total. The molecule has 0 radical (unpaired) electrons. The number of hydrogen-bond acceptors (Lipinski definition) is 6. The second-order valence-corrected chi connectivity index (χ2v) is 8.39. The van der Waals surface area contributed by atoms with Crippen LogP contribution in [0.2, 0.25) is 0 Å². The minimum Gasteiger partial charge on any atom is -0.503 e. The van der Waals surface area contributed by atoms with Gasteiger partial charge in [0.1, 0.15) is 5.82 Å². The Kier molecular flexibility index (Phi) is 4.88. The van der Waals surface area contributed by atoms with Gasteiger partial charge >= 0.3 is 6.03 Å². The minimum absolute atomic E-state index is 0.00921. The molecule has 2 amide bonds. The number of urea groups is 1. The third kappa shape index (κ3) is 3.65. The fraction of sp³-hybridized carbons (Fsp3) is 0.476. The Balaban J connectivity index is 1.45. The zero-order chi connectivity index (χ0) is 21.7. The minimum atomic E-state index is -1.17. The summed E-state index contributed by atoms with van der Waals surface area (Å²) in [6.45, 7) is 0.00921. The standard InChI is InChI=1S/C21H23F2N5O3/c22-15-7-8-16(17(23)18(15)30)27-10-11-9-24-20(25-12-1-5-14(29)6-2-12)26-19(11)28(21(27)31)13-3-4-13/h7-9,12-14,29-30H,1-6,10H2,(H,24,25,26). The summed E-state index contributed by atoms with van der Waals surface area (Å²) in [7, 11) is 0. The van der Waals surface area contributed by atoms with Crippen molar-refractivity contribution in [3.8, 4) is 5.75 Å². The predicted molar refractivity (Wildman–Crippen MR) is 109 cm³/mol. The van der Waals surface area contributed by atoms with Crippen molar-refractivity contribution in [1.82, 2.24) is 9.97 Å². The van der Waals surface area contributed by atoms with E-state index in [9.17, 15) is 23.8 Å². The molecule has 2 aliphatic carbocycles. The molecule has 1 aromatic heterocycles. The zero-order valence-electron chi connectivity index (χ0n) is 16.8. The molecule has 31 heavy (non-hydrogen) atoms. The molecule has 1 aromatic carbocycles. The Bertz CT molecular complexity index is 1020. The molecule has 2 aromatic rings. The van der Waals surface area contributed by atoms with E-state index in [-0.39, 0.29) is 30.4 Å². The van der Waals surface area contributed by atoms with Gasteiger partial charge in [-0.3, -0.25) is 9.80 Å². The van der Waals surface area contributed by atoms with Crippen LogP contribution < -0.4 is 15.1 Å². The second kappa shape index (κ2) is 7.60. The number of aromatic hydroxyl groups is 1. The van der Waals surface area contributed by atoms with Crippen LogP contribution in [0.5, 0.6) is 5.75 Å². The molecule has 2 heterocycles. The molecule has 1 aliphatic heterocycles. The number of fused-ring (bicyclic) bond motifs is 1. The number of phenols is 1. The van der Waals surface area contributed by atoms with E-state index in [4.69, 9.17) is 0 Å². The lowest BCUT2D eigenvalue weighted by atomic mass is 9.93. The van der Waals surface area contributed by atoms with E-state index in [1.807, 2.05) is 0 Å². The molecule has 164 valence electrons. The normalized spacial score (nSPS) is 23.6. The van der Waals surface area contributed by atoms with E-state index in [1.165, 1.54) is 9.80 Å². The first-order valence-corrected chi connectivity index (χ1v) is 10.5. The third-order valence-electron chi connectivity index (χ3n) is 6.11. The van der Waals surface area contributed by atoms with Crippen LogP contribution >= 0.6 is 0 Å². The summed E-state index contributed by atoms with van der Waals surface area (Å²) >= 11 is 0. The molecule has 2 saturated carbocycles. The van der Waals surface area contributed by atoms with Crippen LogP contribution in [0.3, 0.4) is 0 Å². The second-order valence-electron chi connectivity index (χ2n) is 8.39. The van der Waals surface area contributed by atoms with E-state index < -0.39 is 23.4 Å². The molecular weight excluding hydrogens is 408 g/mol. The molecule has 8 nitrogen and oxygen atoms in total. The van der Waals surface area contributed by atoms with Crippen LogP contribution in [0, 0.1) is 11.6 Å². The van der Waals surface area contributed by atoms with Gasteiger partial charge in [0.25, 0.3) is 0 Å². The number of hydrogen-bond donors (Lipinski definition) is 3.